The van der Waals surface area contributed by atoms with E-state index in [1.807, 2.05) is 0 Å². The van der Waals surface area contributed by atoms with Crippen molar-refractivity contribution in [3.8, 4) is 0 Å². The third kappa shape index (κ3) is 5.02. The normalized spacial score (nSPS) is 14.6. The second-order valence-electron chi connectivity index (χ2n) is 2.99. The Bertz CT molecular complexity index is 103. The van der Waals surface area contributed by atoms with Crippen LogP contribution in [-0.4, -0.2) is 24.5 Å². The van der Waals surface area contributed by atoms with Gasteiger partial charge in [-0.3, -0.25) is 0 Å². The number of allylic oxidation sites excluding steroid dienone is 1. The van der Waals surface area contributed by atoms with Crippen LogP contribution < -0.4 is 0 Å². The zero-order valence-electron chi connectivity index (χ0n) is 8.30. The lowest BCUT2D eigenvalue weighted by atomic mass is 10.1. The Morgan fingerprint density at radius 2 is 1.82 bits per heavy atom. The number of rotatable bonds is 5. The lowest BCUT2D eigenvalue weighted by Crippen LogP contribution is -2.27. The minimum atomic E-state index is 0.694. The van der Waals surface area contributed by atoms with E-state index in [4.69, 9.17) is 0 Å². The molecule has 11 heavy (non-hydrogen) atoms. The Hall–Kier alpha value is -0.300. The quantitative estimate of drug-likeness (QED) is 0.551. The molecule has 0 aliphatic carbocycles. The van der Waals surface area contributed by atoms with Gasteiger partial charge in [0.1, 0.15) is 0 Å². The van der Waals surface area contributed by atoms with Crippen molar-refractivity contribution >= 4 is 0 Å². The van der Waals surface area contributed by atoms with Gasteiger partial charge in [-0.05, 0) is 25.9 Å². The average molecular weight is 155 g/mol. The zero-order chi connectivity index (χ0) is 8.69. The maximum atomic E-state index is 2.45. The molecule has 0 rings (SSSR count). The summed E-state index contributed by atoms with van der Waals surface area (Å²) in [6, 6.07) is 0. The summed E-state index contributed by atoms with van der Waals surface area (Å²) in [5.41, 5.74) is 0. The molecule has 0 N–H and O–H groups in total. The van der Waals surface area contributed by atoms with Gasteiger partial charge in [-0.15, -0.1) is 0 Å². The molecule has 0 fully saturated rings. The van der Waals surface area contributed by atoms with Gasteiger partial charge in [0, 0.05) is 6.54 Å². The van der Waals surface area contributed by atoms with Gasteiger partial charge < -0.3 is 4.90 Å². The van der Waals surface area contributed by atoms with E-state index in [0.29, 0.717) is 5.92 Å². The van der Waals surface area contributed by atoms with Crippen LogP contribution in [0.2, 0.25) is 0 Å². The molecule has 0 aliphatic rings. The van der Waals surface area contributed by atoms with Gasteiger partial charge in [0.2, 0.25) is 0 Å². The Labute approximate surface area is 71.1 Å². The Morgan fingerprint density at radius 3 is 2.18 bits per heavy atom. The van der Waals surface area contributed by atoms with Crippen LogP contribution in [0.3, 0.4) is 0 Å². The van der Waals surface area contributed by atoms with Crippen LogP contribution in [0.15, 0.2) is 12.2 Å². The summed E-state index contributed by atoms with van der Waals surface area (Å²) in [5.74, 6) is 0.694. The molecule has 1 nitrogen and oxygen atoms in total. The standard InChI is InChI=1S/C10H21N/c1-5-8-10(4)9-11(6-2)7-3/h5,8,10H,6-7,9H2,1-4H3/b8-5-. The number of hydrogen-bond acceptors (Lipinski definition) is 1. The predicted octanol–water partition coefficient (Wildman–Crippen LogP) is 2.54. The Balaban J connectivity index is 3.61. The van der Waals surface area contributed by atoms with E-state index in [9.17, 15) is 0 Å². The topological polar surface area (TPSA) is 3.24 Å². The first-order valence-electron chi connectivity index (χ1n) is 4.59. The molecule has 1 unspecified atom stereocenters. The van der Waals surface area contributed by atoms with Crippen LogP contribution in [0, 0.1) is 5.92 Å². The van der Waals surface area contributed by atoms with Gasteiger partial charge in [-0.1, -0.05) is 32.9 Å². The van der Waals surface area contributed by atoms with Gasteiger partial charge in [0.25, 0.3) is 0 Å². The molecule has 0 radical (unpaired) electrons. The van der Waals surface area contributed by atoms with Crippen molar-refractivity contribution < 1.29 is 0 Å². The van der Waals surface area contributed by atoms with Crippen LogP contribution in [0.4, 0.5) is 0 Å². The van der Waals surface area contributed by atoms with E-state index >= 15 is 0 Å². The van der Waals surface area contributed by atoms with Crippen LogP contribution >= 0.6 is 0 Å². The van der Waals surface area contributed by atoms with E-state index in [1.165, 1.54) is 19.6 Å². The van der Waals surface area contributed by atoms with Crippen LogP contribution in [0.1, 0.15) is 27.7 Å². The van der Waals surface area contributed by atoms with E-state index in [-0.39, 0.29) is 0 Å². The molecule has 0 aliphatic heterocycles. The van der Waals surface area contributed by atoms with Crippen molar-refractivity contribution in [3.05, 3.63) is 12.2 Å². The van der Waals surface area contributed by atoms with E-state index in [0.717, 1.165) is 0 Å². The van der Waals surface area contributed by atoms with Crippen molar-refractivity contribution in [3.63, 3.8) is 0 Å². The first kappa shape index (κ1) is 10.7. The fourth-order valence-electron chi connectivity index (χ4n) is 1.28. The molecule has 0 amide bonds. The van der Waals surface area contributed by atoms with Crippen molar-refractivity contribution in [2.45, 2.75) is 27.7 Å². The van der Waals surface area contributed by atoms with Gasteiger partial charge in [-0.25, -0.2) is 0 Å². The van der Waals surface area contributed by atoms with E-state index in [2.05, 4.69) is 44.7 Å². The van der Waals surface area contributed by atoms with Gasteiger partial charge in [0.05, 0.1) is 0 Å². The smallest absolute Gasteiger partial charge is 0.00414 e. The Kier molecular flexibility index (Phi) is 6.24. The molecule has 1 atom stereocenters. The highest BCUT2D eigenvalue weighted by molar-refractivity contribution is 4.84. The minimum absolute atomic E-state index is 0.694. The van der Waals surface area contributed by atoms with Crippen LogP contribution in [0.25, 0.3) is 0 Å². The molecule has 0 aromatic carbocycles. The largest absolute Gasteiger partial charge is 0.303 e. The maximum absolute atomic E-state index is 2.45. The van der Waals surface area contributed by atoms with Gasteiger partial charge in [0.15, 0.2) is 0 Å². The SMILES string of the molecule is C/C=C\C(C)CN(CC)CC. The first-order valence-corrected chi connectivity index (χ1v) is 4.59. The monoisotopic (exact) mass is 155 g/mol. The molecule has 0 aromatic heterocycles. The molecule has 1 heteroatoms. The summed E-state index contributed by atoms with van der Waals surface area (Å²) in [6.45, 7) is 12.3. The average Bonchev–Trinajstić information content (AvgIpc) is 2.01. The van der Waals surface area contributed by atoms with Crippen LogP contribution in [0.5, 0.6) is 0 Å². The highest BCUT2D eigenvalue weighted by Crippen LogP contribution is 2.00. The lowest BCUT2D eigenvalue weighted by molar-refractivity contribution is 0.280. The van der Waals surface area contributed by atoms with E-state index in [1.54, 1.807) is 0 Å². The molecule has 0 saturated carbocycles. The molecular weight excluding hydrogens is 134 g/mol. The fourth-order valence-corrected chi connectivity index (χ4v) is 1.28. The lowest BCUT2D eigenvalue weighted by Gasteiger charge is -2.20. The third-order valence-electron chi connectivity index (χ3n) is 1.96. The third-order valence-corrected chi connectivity index (χ3v) is 1.96. The molecule has 66 valence electrons. The van der Waals surface area contributed by atoms with Gasteiger partial charge in [-0.2, -0.15) is 0 Å². The molecule has 0 aromatic rings. The Morgan fingerprint density at radius 1 is 1.27 bits per heavy atom. The summed E-state index contributed by atoms with van der Waals surface area (Å²) in [7, 11) is 0. The number of nitrogens with zero attached hydrogens (tertiary/aromatic N) is 1. The summed E-state index contributed by atoms with van der Waals surface area (Å²) in [6.07, 6.45) is 4.40. The predicted molar refractivity (Wildman–Crippen MR) is 51.8 cm³/mol. The highest BCUT2D eigenvalue weighted by atomic mass is 15.1. The summed E-state index contributed by atoms with van der Waals surface area (Å²) in [5, 5.41) is 0. The van der Waals surface area contributed by atoms with Crippen molar-refractivity contribution in [1.29, 1.82) is 0 Å². The van der Waals surface area contributed by atoms with Crippen molar-refractivity contribution in [2.75, 3.05) is 19.6 Å². The second-order valence-corrected chi connectivity index (χ2v) is 2.99. The highest BCUT2D eigenvalue weighted by Gasteiger charge is 2.02. The molecule has 0 saturated heterocycles. The fraction of sp³-hybridized carbons (Fsp3) is 0.800. The summed E-state index contributed by atoms with van der Waals surface area (Å²) in [4.78, 5) is 2.45. The molecular formula is C10H21N. The number of hydrogen-bond donors (Lipinski definition) is 0. The minimum Gasteiger partial charge on any atom is -0.303 e. The molecule has 0 spiro atoms. The van der Waals surface area contributed by atoms with Crippen molar-refractivity contribution in [1.82, 2.24) is 4.90 Å². The zero-order valence-corrected chi connectivity index (χ0v) is 8.30. The van der Waals surface area contributed by atoms with E-state index < -0.39 is 0 Å². The summed E-state index contributed by atoms with van der Waals surface area (Å²) >= 11 is 0. The second kappa shape index (κ2) is 6.41. The van der Waals surface area contributed by atoms with Crippen molar-refractivity contribution in [2.24, 2.45) is 5.92 Å². The maximum Gasteiger partial charge on any atom is 0.00414 e. The first-order chi connectivity index (χ1) is 5.24. The molecule has 0 heterocycles. The van der Waals surface area contributed by atoms with Crippen LogP contribution in [-0.2, 0) is 0 Å². The molecule has 0 bridgehead atoms. The van der Waals surface area contributed by atoms with Gasteiger partial charge >= 0.3 is 0 Å². The summed E-state index contributed by atoms with van der Waals surface area (Å²) < 4.78 is 0.